The number of hydrogen-bond donors (Lipinski definition) is 0. The molecule has 0 spiro atoms. The molecular weight excluding hydrogens is 612 g/mol. The Kier molecular flexibility index (Phi) is 14.9. The van der Waals surface area contributed by atoms with E-state index in [0.717, 1.165) is 17.2 Å². The molecule has 0 saturated heterocycles. The predicted molar refractivity (Wildman–Crippen MR) is 200 cm³/mol. The maximum Gasteiger partial charge on any atom is 0.155 e. The van der Waals surface area contributed by atoms with E-state index in [0.29, 0.717) is 0 Å². The molecule has 0 saturated carbocycles. The molecular formula is C37H66N12. The van der Waals surface area contributed by atoms with E-state index in [-0.39, 0.29) is 27.2 Å². The minimum atomic E-state index is 0.0174. The lowest BCUT2D eigenvalue weighted by Crippen LogP contribution is -2.24. The zero-order valence-corrected chi connectivity index (χ0v) is 34.1. The van der Waals surface area contributed by atoms with Crippen LogP contribution in [0.5, 0.6) is 0 Å². The van der Waals surface area contributed by atoms with Crippen LogP contribution in [0.15, 0.2) is 55.9 Å². The molecule has 0 aliphatic heterocycles. The van der Waals surface area contributed by atoms with E-state index in [2.05, 4.69) is 158 Å². The van der Waals surface area contributed by atoms with E-state index < -0.39 is 0 Å². The lowest BCUT2D eigenvalue weighted by molar-refractivity contribution is 0.312. The first-order chi connectivity index (χ1) is 22.1. The lowest BCUT2D eigenvalue weighted by atomic mass is 9.90. The van der Waals surface area contributed by atoms with Gasteiger partial charge in [0, 0.05) is 63.0 Å². The second-order valence-corrected chi connectivity index (χ2v) is 17.4. The standard InChI is InChI=1S/3C8H14N2.C7H13N3.C6H11N3/c1-8(2,3)7-5-10(4)6-9-7;1-8(2,3)7-5-9-10(4)6-7;1-8(2,3)7-5-6-10(4)9-7;1-7(2,3)6-8-5-10(4)9-6;1-6(2,3)9-7-4-5-8-9/h3*5-6H,1-4H3;5H,1-4H3;4-5H,1-3H3. The van der Waals surface area contributed by atoms with Gasteiger partial charge < -0.3 is 4.57 Å². The Bertz CT molecular complexity index is 1410. The minimum Gasteiger partial charge on any atom is -0.340 e. The van der Waals surface area contributed by atoms with Gasteiger partial charge in [0.1, 0.15) is 6.33 Å². The number of nitrogens with zero attached hydrogens (tertiary/aromatic N) is 12. The highest BCUT2D eigenvalue weighted by atomic mass is 15.5. The largest absolute Gasteiger partial charge is 0.340 e. The smallest absolute Gasteiger partial charge is 0.155 e. The Morgan fingerprint density at radius 1 is 0.510 bits per heavy atom. The zero-order chi connectivity index (χ0) is 38.0. The van der Waals surface area contributed by atoms with Crippen molar-refractivity contribution in [1.29, 1.82) is 0 Å². The Hall–Kier alpha value is -4.09. The fourth-order valence-corrected chi connectivity index (χ4v) is 3.67. The van der Waals surface area contributed by atoms with E-state index >= 15 is 0 Å². The molecule has 5 aromatic rings. The lowest BCUT2D eigenvalue weighted by Gasteiger charge is -2.16. The number of aromatic nitrogens is 12. The highest BCUT2D eigenvalue weighted by molar-refractivity contribution is 5.14. The van der Waals surface area contributed by atoms with Crippen molar-refractivity contribution in [2.75, 3.05) is 0 Å². The van der Waals surface area contributed by atoms with Crippen LogP contribution in [0.4, 0.5) is 0 Å². The van der Waals surface area contributed by atoms with Crippen molar-refractivity contribution in [3.8, 4) is 0 Å². The topological polar surface area (TPSA) is 115 Å². The Morgan fingerprint density at radius 3 is 1.27 bits per heavy atom. The Labute approximate surface area is 296 Å². The first-order valence-electron chi connectivity index (χ1n) is 16.8. The minimum absolute atomic E-state index is 0.0174. The van der Waals surface area contributed by atoms with Crippen LogP contribution in [0, 0.1) is 0 Å². The van der Waals surface area contributed by atoms with E-state index in [1.165, 1.54) is 5.56 Å². The summed E-state index contributed by atoms with van der Waals surface area (Å²) in [5.74, 6) is 0.898. The maximum absolute atomic E-state index is 4.30. The number of imidazole rings is 1. The number of aryl methyl sites for hydroxylation is 4. The Morgan fingerprint density at radius 2 is 1.06 bits per heavy atom. The molecule has 12 heteroatoms. The second kappa shape index (κ2) is 17.0. The van der Waals surface area contributed by atoms with Crippen molar-refractivity contribution in [3.05, 3.63) is 78.7 Å². The monoisotopic (exact) mass is 679 g/mol. The van der Waals surface area contributed by atoms with Gasteiger partial charge in [0.05, 0.1) is 41.8 Å². The molecule has 0 atom stereocenters. The first kappa shape index (κ1) is 42.9. The van der Waals surface area contributed by atoms with Crippen molar-refractivity contribution >= 4 is 0 Å². The molecule has 0 bridgehead atoms. The third-order valence-corrected chi connectivity index (χ3v) is 6.82. The summed E-state index contributed by atoms with van der Waals surface area (Å²) in [6.45, 7) is 32.0. The van der Waals surface area contributed by atoms with Crippen LogP contribution in [0.3, 0.4) is 0 Å². The summed E-state index contributed by atoms with van der Waals surface area (Å²) in [5.41, 5.74) is 4.27. The third-order valence-electron chi connectivity index (χ3n) is 6.82. The quantitative estimate of drug-likeness (QED) is 0.169. The van der Waals surface area contributed by atoms with Crippen molar-refractivity contribution in [1.82, 2.24) is 58.9 Å². The Balaban J connectivity index is 0.000000306. The summed E-state index contributed by atoms with van der Waals surface area (Å²) in [6.07, 6.45) is 14.9. The van der Waals surface area contributed by atoms with Crippen LogP contribution >= 0.6 is 0 Å². The van der Waals surface area contributed by atoms with Gasteiger partial charge in [-0.2, -0.15) is 30.3 Å². The van der Waals surface area contributed by atoms with Crippen LogP contribution in [0.1, 0.15) is 127 Å². The van der Waals surface area contributed by atoms with Crippen molar-refractivity contribution in [3.63, 3.8) is 0 Å². The third kappa shape index (κ3) is 16.2. The molecule has 5 heterocycles. The summed E-state index contributed by atoms with van der Waals surface area (Å²) in [6, 6.07) is 2.06. The molecule has 0 amide bonds. The SMILES string of the molecule is CC(C)(C)n1nccn1.Cn1cc(C(C)(C)C)cn1.Cn1ccc(C(C)(C)C)n1.Cn1cnc(C(C)(C)C)c1.Cn1cnc(C(C)(C)C)n1. The van der Waals surface area contributed by atoms with Crippen LogP contribution in [-0.2, 0) is 55.4 Å². The van der Waals surface area contributed by atoms with Crippen molar-refractivity contribution in [2.45, 2.75) is 131 Å². The number of rotatable bonds is 0. The summed E-state index contributed by atoms with van der Waals surface area (Å²) in [5, 5.41) is 20.6. The predicted octanol–water partition coefficient (Wildman–Crippen LogP) is 7.30. The van der Waals surface area contributed by atoms with Crippen LogP contribution in [0.25, 0.3) is 0 Å². The molecule has 49 heavy (non-hydrogen) atoms. The summed E-state index contributed by atoms with van der Waals surface area (Å²) in [4.78, 5) is 10.1. The molecule has 5 aromatic heterocycles. The van der Waals surface area contributed by atoms with Crippen LogP contribution in [0.2, 0.25) is 0 Å². The molecule has 0 aromatic carbocycles. The van der Waals surface area contributed by atoms with Crippen molar-refractivity contribution in [2.24, 2.45) is 28.2 Å². The first-order valence-corrected chi connectivity index (χ1v) is 16.8. The molecule has 12 nitrogen and oxygen atoms in total. The molecule has 0 fully saturated rings. The van der Waals surface area contributed by atoms with E-state index in [9.17, 15) is 0 Å². The van der Waals surface area contributed by atoms with E-state index in [1.807, 2.05) is 60.8 Å². The van der Waals surface area contributed by atoms with Crippen LogP contribution in [-0.4, -0.2) is 58.9 Å². The molecule has 0 N–H and O–H groups in total. The van der Waals surface area contributed by atoms with Gasteiger partial charge in [0.15, 0.2) is 5.82 Å². The highest BCUT2D eigenvalue weighted by Gasteiger charge is 2.18. The number of hydrogen-bond acceptors (Lipinski definition) is 7. The van der Waals surface area contributed by atoms with E-state index in [1.54, 1.807) is 28.2 Å². The zero-order valence-electron chi connectivity index (χ0n) is 34.1. The fraction of sp³-hybridized carbons (Fsp3) is 0.649. The summed E-state index contributed by atoms with van der Waals surface area (Å²) < 4.78 is 7.36. The molecule has 5 rings (SSSR count). The molecule has 0 unspecified atom stereocenters. The van der Waals surface area contributed by atoms with Gasteiger partial charge in [-0.05, 0) is 37.8 Å². The van der Waals surface area contributed by atoms with Gasteiger partial charge in [0.2, 0.25) is 0 Å². The summed E-state index contributed by atoms with van der Waals surface area (Å²) >= 11 is 0. The average Bonchev–Trinajstić information content (AvgIpc) is 3.74. The normalized spacial score (nSPS) is 12.0. The molecule has 0 aliphatic rings. The van der Waals surface area contributed by atoms with Gasteiger partial charge >= 0.3 is 0 Å². The van der Waals surface area contributed by atoms with Gasteiger partial charge in [0.25, 0.3) is 0 Å². The van der Waals surface area contributed by atoms with Gasteiger partial charge in [-0.3, -0.25) is 14.0 Å². The van der Waals surface area contributed by atoms with E-state index in [4.69, 9.17) is 0 Å². The second-order valence-electron chi connectivity index (χ2n) is 17.4. The summed E-state index contributed by atoms with van der Waals surface area (Å²) in [7, 11) is 7.74. The maximum atomic E-state index is 4.30. The highest BCUT2D eigenvalue weighted by Crippen LogP contribution is 2.21. The average molecular weight is 679 g/mol. The van der Waals surface area contributed by atoms with Crippen LogP contribution < -0.4 is 0 Å². The van der Waals surface area contributed by atoms with Gasteiger partial charge in [-0.15, -0.1) is 0 Å². The molecule has 274 valence electrons. The molecule has 0 aliphatic carbocycles. The molecule has 0 radical (unpaired) electrons. The van der Waals surface area contributed by atoms with Gasteiger partial charge in [-0.25, -0.2) is 9.97 Å². The van der Waals surface area contributed by atoms with Gasteiger partial charge in [-0.1, -0.05) is 83.1 Å². The van der Waals surface area contributed by atoms with Crippen molar-refractivity contribution < 1.29 is 0 Å². The fourth-order valence-electron chi connectivity index (χ4n) is 3.67.